The van der Waals surface area contributed by atoms with E-state index in [1.54, 1.807) is 30.3 Å². The molecule has 0 unspecified atom stereocenters. The average molecular weight is 454 g/mol. The summed E-state index contributed by atoms with van der Waals surface area (Å²) in [7, 11) is -3.74. The number of carbonyl (C=O) groups excluding carboxylic acids is 1. The van der Waals surface area contributed by atoms with E-state index in [0.29, 0.717) is 31.9 Å². The number of sulfonamides is 1. The van der Waals surface area contributed by atoms with Gasteiger partial charge >= 0.3 is 0 Å². The van der Waals surface area contributed by atoms with E-state index in [1.807, 2.05) is 30.0 Å². The van der Waals surface area contributed by atoms with E-state index in [-0.39, 0.29) is 22.2 Å². The van der Waals surface area contributed by atoms with E-state index in [2.05, 4.69) is 5.32 Å². The monoisotopic (exact) mass is 453 g/mol. The lowest BCUT2D eigenvalue weighted by atomic mass is 10.1. The highest BCUT2D eigenvalue weighted by molar-refractivity contribution is 7.89. The van der Waals surface area contributed by atoms with Gasteiger partial charge in [0.05, 0.1) is 4.90 Å². The number of nitrogens with one attached hydrogen (secondary N) is 1. The van der Waals surface area contributed by atoms with Gasteiger partial charge in [0.25, 0.3) is 5.91 Å². The maximum atomic E-state index is 13.2. The third-order valence-electron chi connectivity index (χ3n) is 5.56. The van der Waals surface area contributed by atoms with Crippen LogP contribution in [0.1, 0.15) is 15.9 Å². The Morgan fingerprint density at radius 1 is 0.906 bits per heavy atom. The van der Waals surface area contributed by atoms with E-state index in [1.165, 1.54) is 28.6 Å². The second kappa shape index (κ2) is 9.10. The molecule has 4 rings (SSSR count). The van der Waals surface area contributed by atoms with Crippen molar-refractivity contribution in [3.05, 3.63) is 89.7 Å². The van der Waals surface area contributed by atoms with Gasteiger partial charge in [-0.15, -0.1) is 0 Å². The van der Waals surface area contributed by atoms with Crippen LogP contribution in [-0.2, 0) is 10.0 Å². The number of piperazine rings is 1. The van der Waals surface area contributed by atoms with Crippen LogP contribution in [0.15, 0.2) is 77.7 Å². The van der Waals surface area contributed by atoms with Crippen LogP contribution in [0, 0.1) is 12.7 Å². The van der Waals surface area contributed by atoms with Gasteiger partial charge in [-0.3, -0.25) is 4.79 Å². The van der Waals surface area contributed by atoms with Gasteiger partial charge in [0.1, 0.15) is 5.82 Å². The van der Waals surface area contributed by atoms with Gasteiger partial charge in [-0.05, 0) is 61.0 Å². The second-order valence-corrected chi connectivity index (χ2v) is 9.60. The fourth-order valence-electron chi connectivity index (χ4n) is 3.69. The highest BCUT2D eigenvalue weighted by Crippen LogP contribution is 2.23. The Labute approximate surface area is 187 Å². The summed E-state index contributed by atoms with van der Waals surface area (Å²) in [5, 5.41) is 2.83. The molecule has 1 amide bonds. The average Bonchev–Trinajstić information content (AvgIpc) is 2.81. The molecule has 0 atom stereocenters. The third-order valence-corrected chi connectivity index (χ3v) is 7.45. The van der Waals surface area contributed by atoms with Gasteiger partial charge in [0.15, 0.2) is 0 Å². The van der Waals surface area contributed by atoms with Gasteiger partial charge in [0.2, 0.25) is 10.0 Å². The van der Waals surface area contributed by atoms with Gasteiger partial charge < -0.3 is 10.2 Å². The number of aryl methyl sites for hydroxylation is 1. The van der Waals surface area contributed by atoms with Crippen LogP contribution in [0.25, 0.3) is 0 Å². The molecular formula is C24H24FN3O3S. The molecule has 1 fully saturated rings. The van der Waals surface area contributed by atoms with Crippen molar-refractivity contribution in [1.29, 1.82) is 0 Å². The van der Waals surface area contributed by atoms with Crippen molar-refractivity contribution in [2.45, 2.75) is 11.8 Å². The molecule has 1 N–H and O–H groups in total. The summed E-state index contributed by atoms with van der Waals surface area (Å²) in [5.41, 5.74) is 2.74. The number of rotatable bonds is 5. The van der Waals surface area contributed by atoms with E-state index in [4.69, 9.17) is 0 Å². The molecule has 32 heavy (non-hydrogen) atoms. The number of anilines is 2. The highest BCUT2D eigenvalue weighted by Gasteiger charge is 2.29. The maximum Gasteiger partial charge on any atom is 0.255 e. The zero-order valence-electron chi connectivity index (χ0n) is 17.7. The molecule has 1 aliphatic rings. The zero-order valence-corrected chi connectivity index (χ0v) is 18.5. The summed E-state index contributed by atoms with van der Waals surface area (Å²) in [4.78, 5) is 14.8. The molecule has 1 heterocycles. The summed E-state index contributed by atoms with van der Waals surface area (Å²) in [5.74, 6) is -0.668. The van der Waals surface area contributed by atoms with Crippen molar-refractivity contribution in [3.63, 3.8) is 0 Å². The number of carbonyl (C=O) groups is 1. The molecule has 0 bridgehead atoms. The first-order valence-corrected chi connectivity index (χ1v) is 11.8. The molecule has 0 spiro atoms. The number of halogens is 1. The Kier molecular flexibility index (Phi) is 6.25. The third kappa shape index (κ3) is 4.66. The maximum absolute atomic E-state index is 13.2. The number of nitrogens with zero attached hydrogens (tertiary/aromatic N) is 2. The second-order valence-electron chi connectivity index (χ2n) is 7.66. The minimum Gasteiger partial charge on any atom is -0.369 e. The van der Waals surface area contributed by atoms with Crippen molar-refractivity contribution in [2.75, 3.05) is 36.4 Å². The van der Waals surface area contributed by atoms with E-state index in [9.17, 15) is 17.6 Å². The molecule has 166 valence electrons. The summed E-state index contributed by atoms with van der Waals surface area (Å²) >= 11 is 0. The lowest BCUT2D eigenvalue weighted by Crippen LogP contribution is -2.48. The molecule has 3 aromatic carbocycles. The summed E-state index contributed by atoms with van der Waals surface area (Å²) in [6.45, 7) is 3.50. The van der Waals surface area contributed by atoms with E-state index in [0.717, 1.165) is 11.3 Å². The first-order chi connectivity index (χ1) is 15.3. The number of hydrogen-bond donors (Lipinski definition) is 1. The van der Waals surface area contributed by atoms with Crippen LogP contribution < -0.4 is 10.2 Å². The summed E-state index contributed by atoms with van der Waals surface area (Å²) < 4.78 is 41.0. The number of benzene rings is 3. The molecule has 0 radical (unpaired) electrons. The molecule has 8 heteroatoms. The van der Waals surface area contributed by atoms with Crippen LogP contribution in [0.5, 0.6) is 0 Å². The van der Waals surface area contributed by atoms with Gasteiger partial charge in [-0.2, -0.15) is 4.31 Å². The fourth-order valence-corrected chi connectivity index (χ4v) is 5.16. The Bertz CT molecular complexity index is 1220. The van der Waals surface area contributed by atoms with Crippen LogP contribution in [0.3, 0.4) is 0 Å². The largest absolute Gasteiger partial charge is 0.369 e. The standard InChI is InChI=1S/C24H24FN3O3S/c1-18-5-2-3-8-23(18)26-24(29)19-6-4-7-22(17-19)32(30,31)28-15-13-27(14-16-28)21-11-9-20(25)10-12-21/h2-12,17H,13-16H2,1H3,(H,26,29). The minimum absolute atomic E-state index is 0.0881. The predicted octanol–water partition coefficient (Wildman–Crippen LogP) is 3.90. The van der Waals surface area contributed by atoms with Crippen molar-refractivity contribution < 1.29 is 17.6 Å². The van der Waals surface area contributed by atoms with Crippen molar-refractivity contribution in [1.82, 2.24) is 4.31 Å². The first kappa shape index (κ1) is 22.0. The van der Waals surface area contributed by atoms with Crippen molar-refractivity contribution >= 4 is 27.3 Å². The van der Waals surface area contributed by atoms with Crippen LogP contribution >= 0.6 is 0 Å². The minimum atomic E-state index is -3.74. The smallest absolute Gasteiger partial charge is 0.255 e. The van der Waals surface area contributed by atoms with Gasteiger partial charge in [0, 0.05) is 43.1 Å². The Morgan fingerprint density at radius 3 is 2.28 bits per heavy atom. The normalized spacial score (nSPS) is 14.9. The Morgan fingerprint density at radius 2 is 1.59 bits per heavy atom. The summed E-state index contributed by atoms with van der Waals surface area (Å²) in [6, 6.07) is 19.7. The Hall–Kier alpha value is -3.23. The van der Waals surface area contributed by atoms with Crippen molar-refractivity contribution in [3.8, 4) is 0 Å². The molecular weight excluding hydrogens is 429 g/mol. The molecule has 0 aliphatic carbocycles. The van der Waals surface area contributed by atoms with Crippen LogP contribution in [0.2, 0.25) is 0 Å². The lowest BCUT2D eigenvalue weighted by molar-refractivity contribution is 0.102. The molecule has 0 aromatic heterocycles. The fraction of sp³-hybridized carbons (Fsp3) is 0.208. The summed E-state index contributed by atoms with van der Waals surface area (Å²) in [6.07, 6.45) is 0. The number of amides is 1. The lowest BCUT2D eigenvalue weighted by Gasteiger charge is -2.35. The highest BCUT2D eigenvalue weighted by atomic mass is 32.2. The van der Waals surface area contributed by atoms with Crippen molar-refractivity contribution in [2.24, 2.45) is 0 Å². The van der Waals surface area contributed by atoms with E-state index < -0.39 is 10.0 Å². The SMILES string of the molecule is Cc1ccccc1NC(=O)c1cccc(S(=O)(=O)N2CCN(c3ccc(F)cc3)CC2)c1. The predicted molar refractivity (Wildman–Crippen MR) is 123 cm³/mol. The molecule has 1 aliphatic heterocycles. The van der Waals surface area contributed by atoms with Crippen LogP contribution in [0.4, 0.5) is 15.8 Å². The topological polar surface area (TPSA) is 69.7 Å². The number of hydrogen-bond acceptors (Lipinski definition) is 4. The quantitative estimate of drug-likeness (QED) is 0.636. The zero-order chi connectivity index (χ0) is 22.7. The van der Waals surface area contributed by atoms with Gasteiger partial charge in [-0.25, -0.2) is 12.8 Å². The Balaban J connectivity index is 1.47. The first-order valence-electron chi connectivity index (χ1n) is 10.3. The van der Waals surface area contributed by atoms with E-state index >= 15 is 0 Å². The molecule has 0 saturated carbocycles. The van der Waals surface area contributed by atoms with Gasteiger partial charge in [-0.1, -0.05) is 24.3 Å². The van der Waals surface area contributed by atoms with Crippen LogP contribution in [-0.4, -0.2) is 44.8 Å². The number of para-hydroxylation sites is 1. The molecule has 3 aromatic rings. The molecule has 1 saturated heterocycles. The molecule has 6 nitrogen and oxygen atoms in total.